The fourth-order valence-corrected chi connectivity index (χ4v) is 4.77. The van der Waals surface area contributed by atoms with Crippen LogP contribution in [0.15, 0.2) is 82.8 Å². The SMILES string of the molecule is O=C(NCc1cccnc1)Nc1ccc(S(=O)(=O)c2cccc(C(=O)N3CCOCC3)c2)cc1. The van der Waals surface area contributed by atoms with Crippen LogP contribution in [0.2, 0.25) is 0 Å². The molecule has 1 aliphatic rings. The molecule has 3 aromatic rings. The molecule has 2 aromatic carbocycles. The zero-order valence-electron chi connectivity index (χ0n) is 18.3. The van der Waals surface area contributed by atoms with E-state index >= 15 is 0 Å². The predicted octanol–water partition coefficient (Wildman–Crippen LogP) is 2.71. The Kier molecular flexibility index (Phi) is 7.19. The number of anilines is 1. The maximum absolute atomic E-state index is 13.1. The standard InChI is InChI=1S/C24H24N4O5S/c29-23(28-11-13-33-14-12-28)19-4-1-5-22(15-19)34(31,32)21-8-6-20(7-9-21)27-24(30)26-17-18-3-2-10-25-16-18/h1-10,15-16H,11-14,17H2,(H2,26,27,30). The number of urea groups is 1. The maximum Gasteiger partial charge on any atom is 0.319 e. The number of hydrogen-bond acceptors (Lipinski definition) is 6. The highest BCUT2D eigenvalue weighted by Gasteiger charge is 2.22. The first-order valence-corrected chi connectivity index (χ1v) is 12.2. The lowest BCUT2D eigenvalue weighted by Crippen LogP contribution is -2.40. The number of hydrogen-bond donors (Lipinski definition) is 2. The van der Waals surface area contributed by atoms with Crippen LogP contribution in [0.25, 0.3) is 0 Å². The van der Waals surface area contributed by atoms with Crippen LogP contribution in [0.5, 0.6) is 0 Å². The number of carbonyl (C=O) groups excluding carboxylic acids is 2. The Balaban J connectivity index is 1.42. The molecule has 176 valence electrons. The number of pyridine rings is 1. The number of nitrogens with one attached hydrogen (secondary N) is 2. The summed E-state index contributed by atoms with van der Waals surface area (Å²) in [5.41, 5.74) is 1.61. The van der Waals surface area contributed by atoms with Crippen molar-refractivity contribution in [3.63, 3.8) is 0 Å². The molecular formula is C24H24N4O5S. The Hall–Kier alpha value is -3.76. The summed E-state index contributed by atoms with van der Waals surface area (Å²) in [6.07, 6.45) is 3.31. The van der Waals surface area contributed by atoms with E-state index in [1.54, 1.807) is 35.5 Å². The van der Waals surface area contributed by atoms with Crippen molar-refractivity contribution < 1.29 is 22.7 Å². The average Bonchev–Trinajstić information content (AvgIpc) is 2.88. The van der Waals surface area contributed by atoms with Crippen molar-refractivity contribution >= 4 is 27.5 Å². The van der Waals surface area contributed by atoms with Crippen molar-refractivity contribution in [1.82, 2.24) is 15.2 Å². The Labute approximate surface area is 197 Å². The lowest BCUT2D eigenvalue weighted by atomic mass is 10.2. The molecule has 0 spiro atoms. The summed E-state index contributed by atoms with van der Waals surface area (Å²) < 4.78 is 31.5. The first-order chi connectivity index (χ1) is 16.4. The minimum atomic E-state index is -3.85. The van der Waals surface area contributed by atoms with E-state index in [1.165, 1.54) is 36.4 Å². The van der Waals surface area contributed by atoms with Crippen molar-refractivity contribution in [1.29, 1.82) is 0 Å². The minimum absolute atomic E-state index is 0.0292. The summed E-state index contributed by atoms with van der Waals surface area (Å²) in [5.74, 6) is -0.225. The summed E-state index contributed by atoms with van der Waals surface area (Å²) in [6.45, 7) is 2.18. The van der Waals surface area contributed by atoms with Crippen LogP contribution < -0.4 is 10.6 Å². The molecule has 0 aliphatic carbocycles. The zero-order valence-corrected chi connectivity index (χ0v) is 19.1. The van der Waals surface area contributed by atoms with E-state index in [9.17, 15) is 18.0 Å². The number of ether oxygens (including phenoxy) is 1. The molecule has 2 heterocycles. The quantitative estimate of drug-likeness (QED) is 0.560. The van der Waals surface area contributed by atoms with Crippen LogP contribution in [0.4, 0.5) is 10.5 Å². The van der Waals surface area contributed by atoms with E-state index in [0.717, 1.165) is 5.56 Å². The van der Waals surface area contributed by atoms with Crippen molar-refractivity contribution in [2.75, 3.05) is 31.6 Å². The molecule has 0 atom stereocenters. The smallest absolute Gasteiger partial charge is 0.319 e. The van der Waals surface area contributed by atoms with Crippen LogP contribution in [-0.2, 0) is 21.1 Å². The van der Waals surface area contributed by atoms with Gasteiger partial charge in [0.25, 0.3) is 5.91 Å². The van der Waals surface area contributed by atoms with Gasteiger partial charge >= 0.3 is 6.03 Å². The van der Waals surface area contributed by atoms with E-state index in [4.69, 9.17) is 4.74 Å². The fraction of sp³-hybridized carbons (Fsp3) is 0.208. The molecule has 0 unspecified atom stereocenters. The largest absolute Gasteiger partial charge is 0.378 e. The van der Waals surface area contributed by atoms with Crippen molar-refractivity contribution in [2.45, 2.75) is 16.3 Å². The minimum Gasteiger partial charge on any atom is -0.378 e. The highest BCUT2D eigenvalue weighted by atomic mass is 32.2. The second-order valence-corrected chi connectivity index (χ2v) is 9.58. The van der Waals surface area contributed by atoms with E-state index < -0.39 is 15.9 Å². The van der Waals surface area contributed by atoms with Gasteiger partial charge in [-0.2, -0.15) is 0 Å². The van der Waals surface area contributed by atoms with Crippen LogP contribution in [0.3, 0.4) is 0 Å². The summed E-state index contributed by atoms with van der Waals surface area (Å²) in [4.78, 5) is 30.6. The van der Waals surface area contributed by atoms with Gasteiger partial charge in [-0.25, -0.2) is 13.2 Å². The first kappa shape index (κ1) is 23.4. The number of amides is 3. The molecule has 34 heavy (non-hydrogen) atoms. The predicted molar refractivity (Wildman–Crippen MR) is 125 cm³/mol. The fourth-order valence-electron chi connectivity index (χ4n) is 3.46. The van der Waals surface area contributed by atoms with Crippen LogP contribution in [0.1, 0.15) is 15.9 Å². The molecule has 10 heteroatoms. The van der Waals surface area contributed by atoms with Gasteiger partial charge in [-0.1, -0.05) is 12.1 Å². The number of benzene rings is 2. The Bertz CT molecular complexity index is 1260. The summed E-state index contributed by atoms with van der Waals surface area (Å²) in [7, 11) is -3.85. The summed E-state index contributed by atoms with van der Waals surface area (Å²) in [5, 5.41) is 5.38. The average molecular weight is 481 g/mol. The van der Waals surface area contributed by atoms with Gasteiger partial charge in [0.15, 0.2) is 0 Å². The van der Waals surface area contributed by atoms with Gasteiger partial charge in [0.05, 0.1) is 23.0 Å². The highest BCUT2D eigenvalue weighted by molar-refractivity contribution is 7.91. The summed E-state index contributed by atoms with van der Waals surface area (Å²) in [6, 6.07) is 15.1. The maximum atomic E-state index is 13.1. The van der Waals surface area contributed by atoms with Gasteiger partial charge in [0.1, 0.15) is 0 Å². The van der Waals surface area contributed by atoms with Crippen LogP contribution in [-0.4, -0.2) is 56.5 Å². The number of nitrogens with zero attached hydrogens (tertiary/aromatic N) is 2. The van der Waals surface area contributed by atoms with E-state index in [2.05, 4.69) is 15.6 Å². The third-order valence-electron chi connectivity index (χ3n) is 5.29. The number of carbonyl (C=O) groups is 2. The molecule has 1 aliphatic heterocycles. The van der Waals surface area contributed by atoms with Crippen molar-refractivity contribution in [2.24, 2.45) is 0 Å². The van der Waals surface area contributed by atoms with Crippen molar-refractivity contribution in [3.05, 3.63) is 84.2 Å². The molecule has 4 rings (SSSR count). The Morgan fingerprint density at radius 1 is 0.971 bits per heavy atom. The molecule has 0 radical (unpaired) electrons. The van der Waals surface area contributed by atoms with Gasteiger partial charge in [-0.05, 0) is 54.1 Å². The lowest BCUT2D eigenvalue weighted by molar-refractivity contribution is 0.0302. The molecule has 1 saturated heterocycles. The van der Waals surface area contributed by atoms with E-state index in [0.29, 0.717) is 44.1 Å². The molecule has 3 amide bonds. The van der Waals surface area contributed by atoms with Gasteiger partial charge in [0, 0.05) is 43.3 Å². The lowest BCUT2D eigenvalue weighted by Gasteiger charge is -2.27. The van der Waals surface area contributed by atoms with Gasteiger partial charge in [-0.3, -0.25) is 9.78 Å². The van der Waals surface area contributed by atoms with Crippen molar-refractivity contribution in [3.8, 4) is 0 Å². The zero-order chi connectivity index (χ0) is 24.0. The van der Waals surface area contributed by atoms with Gasteiger partial charge in [-0.15, -0.1) is 0 Å². The number of aromatic nitrogens is 1. The van der Waals surface area contributed by atoms with E-state index in [1.807, 2.05) is 6.07 Å². The second kappa shape index (κ2) is 10.4. The first-order valence-electron chi connectivity index (χ1n) is 10.7. The Morgan fingerprint density at radius 2 is 1.74 bits per heavy atom. The Morgan fingerprint density at radius 3 is 2.44 bits per heavy atom. The molecule has 0 bridgehead atoms. The number of rotatable bonds is 6. The molecule has 0 saturated carbocycles. The van der Waals surface area contributed by atoms with Crippen LogP contribution >= 0.6 is 0 Å². The third-order valence-corrected chi connectivity index (χ3v) is 7.06. The molecule has 1 aromatic heterocycles. The third kappa shape index (κ3) is 5.59. The topological polar surface area (TPSA) is 118 Å². The van der Waals surface area contributed by atoms with E-state index in [-0.39, 0.29) is 15.7 Å². The molecule has 2 N–H and O–H groups in total. The van der Waals surface area contributed by atoms with Gasteiger partial charge in [0.2, 0.25) is 9.84 Å². The van der Waals surface area contributed by atoms with Crippen LogP contribution in [0, 0.1) is 0 Å². The highest BCUT2D eigenvalue weighted by Crippen LogP contribution is 2.24. The van der Waals surface area contributed by atoms with Gasteiger partial charge < -0.3 is 20.3 Å². The normalized spacial score (nSPS) is 13.8. The molecule has 9 nitrogen and oxygen atoms in total. The summed E-state index contributed by atoms with van der Waals surface area (Å²) >= 11 is 0. The molecular weight excluding hydrogens is 456 g/mol. The molecule has 1 fully saturated rings. The monoisotopic (exact) mass is 480 g/mol. The number of morpholine rings is 1. The second-order valence-electron chi connectivity index (χ2n) is 7.63. The number of sulfone groups is 1.